The maximum Gasteiger partial charge on any atom is 0.130 e. The molecular formula is C11H19ClN4. The van der Waals surface area contributed by atoms with E-state index in [0.717, 1.165) is 49.6 Å². The maximum absolute atomic E-state index is 6.35. The van der Waals surface area contributed by atoms with Crippen molar-refractivity contribution in [2.45, 2.75) is 25.3 Å². The van der Waals surface area contributed by atoms with Crippen LogP contribution >= 0.6 is 11.6 Å². The molecule has 0 bridgehead atoms. The minimum atomic E-state index is 0.470. The van der Waals surface area contributed by atoms with Crippen molar-refractivity contribution in [2.75, 3.05) is 26.7 Å². The van der Waals surface area contributed by atoms with Crippen LogP contribution in [0.4, 0.5) is 0 Å². The standard InChI is InChI=1S/C11H19ClN4/c1-13-5-2-9-8-15-16(11(9)12)10-3-6-14-7-4-10/h8,10,13-14H,2-7H2,1H3. The van der Waals surface area contributed by atoms with Crippen LogP contribution < -0.4 is 10.6 Å². The summed E-state index contributed by atoms with van der Waals surface area (Å²) in [4.78, 5) is 0. The van der Waals surface area contributed by atoms with E-state index >= 15 is 0 Å². The molecule has 1 aliphatic heterocycles. The number of aromatic nitrogens is 2. The van der Waals surface area contributed by atoms with Gasteiger partial charge in [0.15, 0.2) is 0 Å². The van der Waals surface area contributed by atoms with Gasteiger partial charge in [0.2, 0.25) is 0 Å². The Hall–Kier alpha value is -0.580. The Labute approximate surface area is 101 Å². The number of nitrogens with zero attached hydrogens (tertiary/aromatic N) is 2. The molecule has 5 heteroatoms. The summed E-state index contributed by atoms with van der Waals surface area (Å²) in [5.74, 6) is 0. The average Bonchev–Trinajstić information content (AvgIpc) is 2.69. The van der Waals surface area contributed by atoms with Gasteiger partial charge < -0.3 is 10.6 Å². The molecule has 1 saturated heterocycles. The van der Waals surface area contributed by atoms with Crippen LogP contribution in [0.1, 0.15) is 24.4 Å². The van der Waals surface area contributed by atoms with Crippen LogP contribution in [-0.2, 0) is 6.42 Å². The fraction of sp³-hybridized carbons (Fsp3) is 0.727. The Morgan fingerprint density at radius 1 is 1.56 bits per heavy atom. The van der Waals surface area contributed by atoms with E-state index in [2.05, 4.69) is 15.7 Å². The van der Waals surface area contributed by atoms with E-state index in [1.165, 1.54) is 0 Å². The summed E-state index contributed by atoms with van der Waals surface area (Å²) < 4.78 is 1.99. The van der Waals surface area contributed by atoms with Gasteiger partial charge in [-0.1, -0.05) is 11.6 Å². The van der Waals surface area contributed by atoms with Crippen LogP contribution in [0.25, 0.3) is 0 Å². The van der Waals surface area contributed by atoms with E-state index in [1.807, 2.05) is 17.9 Å². The fourth-order valence-corrected chi connectivity index (χ4v) is 2.44. The molecule has 2 N–H and O–H groups in total. The Morgan fingerprint density at radius 2 is 2.31 bits per heavy atom. The summed E-state index contributed by atoms with van der Waals surface area (Å²) in [5, 5.41) is 11.7. The second-order valence-corrected chi connectivity index (χ2v) is 4.60. The van der Waals surface area contributed by atoms with Crippen LogP contribution in [0.15, 0.2) is 6.20 Å². The second-order valence-electron chi connectivity index (χ2n) is 4.24. The molecule has 0 radical (unpaired) electrons. The molecule has 0 amide bonds. The predicted molar refractivity (Wildman–Crippen MR) is 66.0 cm³/mol. The molecule has 0 aliphatic carbocycles. The molecule has 0 saturated carbocycles. The Morgan fingerprint density at radius 3 is 3.00 bits per heavy atom. The molecule has 1 fully saturated rings. The van der Waals surface area contributed by atoms with E-state index in [1.54, 1.807) is 0 Å². The highest BCUT2D eigenvalue weighted by Gasteiger charge is 2.19. The Kier molecular flexibility index (Phi) is 4.21. The molecule has 1 aromatic heterocycles. The first-order chi connectivity index (χ1) is 7.83. The number of halogens is 1. The van der Waals surface area contributed by atoms with Crippen molar-refractivity contribution >= 4 is 11.6 Å². The molecule has 0 unspecified atom stereocenters. The molecule has 1 aliphatic rings. The highest BCUT2D eigenvalue weighted by Crippen LogP contribution is 2.25. The molecule has 4 nitrogen and oxygen atoms in total. The van der Waals surface area contributed by atoms with Crippen molar-refractivity contribution in [2.24, 2.45) is 0 Å². The number of hydrogen-bond acceptors (Lipinski definition) is 3. The van der Waals surface area contributed by atoms with Gasteiger partial charge in [-0.3, -0.25) is 4.68 Å². The molecule has 1 aromatic rings. The van der Waals surface area contributed by atoms with E-state index in [0.29, 0.717) is 6.04 Å². The van der Waals surface area contributed by atoms with Crippen LogP contribution in [0.3, 0.4) is 0 Å². The van der Waals surface area contributed by atoms with Crippen molar-refractivity contribution < 1.29 is 0 Å². The molecule has 2 heterocycles. The summed E-state index contributed by atoms with van der Waals surface area (Å²) in [6.45, 7) is 3.07. The van der Waals surface area contributed by atoms with Gasteiger partial charge in [0.1, 0.15) is 5.15 Å². The van der Waals surface area contributed by atoms with E-state index in [4.69, 9.17) is 11.6 Å². The van der Waals surface area contributed by atoms with Gasteiger partial charge in [0.25, 0.3) is 0 Å². The first kappa shape index (κ1) is 11.9. The number of nitrogens with one attached hydrogen (secondary N) is 2. The number of rotatable bonds is 4. The minimum absolute atomic E-state index is 0.470. The topological polar surface area (TPSA) is 41.9 Å². The van der Waals surface area contributed by atoms with E-state index in [9.17, 15) is 0 Å². The van der Waals surface area contributed by atoms with Crippen LogP contribution in [0.5, 0.6) is 0 Å². The Balaban J connectivity index is 2.06. The van der Waals surface area contributed by atoms with Crippen LogP contribution in [0, 0.1) is 0 Å². The predicted octanol–water partition coefficient (Wildman–Crippen LogP) is 1.22. The molecule has 2 rings (SSSR count). The zero-order valence-corrected chi connectivity index (χ0v) is 10.4. The lowest BCUT2D eigenvalue weighted by Crippen LogP contribution is -2.29. The third kappa shape index (κ3) is 2.56. The minimum Gasteiger partial charge on any atom is -0.319 e. The van der Waals surface area contributed by atoms with Gasteiger partial charge >= 0.3 is 0 Å². The number of piperidine rings is 1. The molecular weight excluding hydrogens is 224 g/mol. The lowest BCUT2D eigenvalue weighted by Gasteiger charge is -2.23. The number of hydrogen-bond donors (Lipinski definition) is 2. The van der Waals surface area contributed by atoms with Crippen molar-refractivity contribution in [3.8, 4) is 0 Å². The van der Waals surface area contributed by atoms with Crippen molar-refractivity contribution in [3.05, 3.63) is 16.9 Å². The highest BCUT2D eigenvalue weighted by molar-refractivity contribution is 6.30. The summed E-state index contributed by atoms with van der Waals surface area (Å²) in [5.41, 5.74) is 1.15. The monoisotopic (exact) mass is 242 g/mol. The van der Waals surface area contributed by atoms with Crippen molar-refractivity contribution in [1.82, 2.24) is 20.4 Å². The fourth-order valence-electron chi connectivity index (χ4n) is 2.12. The molecule has 90 valence electrons. The second kappa shape index (κ2) is 5.66. The third-order valence-corrected chi connectivity index (χ3v) is 3.52. The summed E-state index contributed by atoms with van der Waals surface area (Å²) in [6.07, 6.45) is 5.09. The smallest absolute Gasteiger partial charge is 0.130 e. The maximum atomic E-state index is 6.35. The van der Waals surface area contributed by atoms with Gasteiger partial charge in [-0.15, -0.1) is 0 Å². The average molecular weight is 243 g/mol. The quantitative estimate of drug-likeness (QED) is 0.835. The van der Waals surface area contributed by atoms with Gasteiger partial charge in [-0.2, -0.15) is 5.10 Å². The van der Waals surface area contributed by atoms with Crippen molar-refractivity contribution in [3.63, 3.8) is 0 Å². The van der Waals surface area contributed by atoms with Gasteiger partial charge in [-0.25, -0.2) is 0 Å². The van der Waals surface area contributed by atoms with E-state index < -0.39 is 0 Å². The lowest BCUT2D eigenvalue weighted by molar-refractivity contribution is 0.343. The Bertz CT molecular complexity index is 331. The third-order valence-electron chi connectivity index (χ3n) is 3.10. The summed E-state index contributed by atoms with van der Waals surface area (Å²) in [6, 6.07) is 0.470. The van der Waals surface area contributed by atoms with Gasteiger partial charge in [-0.05, 0) is 45.9 Å². The summed E-state index contributed by atoms with van der Waals surface area (Å²) in [7, 11) is 1.95. The van der Waals surface area contributed by atoms with E-state index in [-0.39, 0.29) is 0 Å². The van der Waals surface area contributed by atoms with Crippen molar-refractivity contribution in [1.29, 1.82) is 0 Å². The molecule has 0 spiro atoms. The van der Waals surface area contributed by atoms with Gasteiger partial charge in [0, 0.05) is 5.56 Å². The molecule has 0 atom stereocenters. The summed E-state index contributed by atoms with van der Waals surface area (Å²) >= 11 is 6.35. The number of likely N-dealkylation sites (N-methyl/N-ethyl adjacent to an activating group) is 1. The first-order valence-corrected chi connectivity index (χ1v) is 6.28. The van der Waals surface area contributed by atoms with Gasteiger partial charge in [0.05, 0.1) is 12.2 Å². The van der Waals surface area contributed by atoms with Crippen LogP contribution in [-0.4, -0.2) is 36.5 Å². The molecule has 0 aromatic carbocycles. The lowest BCUT2D eigenvalue weighted by atomic mass is 10.1. The molecule has 16 heavy (non-hydrogen) atoms. The highest BCUT2D eigenvalue weighted by atomic mass is 35.5. The SMILES string of the molecule is CNCCc1cnn(C2CCNCC2)c1Cl. The largest absolute Gasteiger partial charge is 0.319 e. The zero-order chi connectivity index (χ0) is 11.4. The normalized spacial score (nSPS) is 17.9. The zero-order valence-electron chi connectivity index (χ0n) is 9.67. The van der Waals surface area contributed by atoms with Crippen LogP contribution in [0.2, 0.25) is 5.15 Å². The first-order valence-electron chi connectivity index (χ1n) is 5.90.